The largest absolute Gasteiger partial charge is 0.494 e. The van der Waals surface area contributed by atoms with Crippen LogP contribution >= 0.6 is 11.6 Å². The first-order valence-electron chi connectivity index (χ1n) is 15.4. The molecule has 244 valence electrons. The quantitative estimate of drug-likeness (QED) is 0.317. The highest BCUT2D eigenvalue weighted by molar-refractivity contribution is 6.33. The topological polar surface area (TPSA) is 127 Å². The van der Waals surface area contributed by atoms with E-state index in [-0.39, 0.29) is 18.7 Å². The van der Waals surface area contributed by atoms with Gasteiger partial charge in [0.1, 0.15) is 17.4 Å². The predicted octanol–water partition coefficient (Wildman–Crippen LogP) is 5.96. The summed E-state index contributed by atoms with van der Waals surface area (Å²) in [4.78, 5) is 28.3. The van der Waals surface area contributed by atoms with Crippen LogP contribution in [0.5, 0.6) is 5.75 Å². The summed E-state index contributed by atoms with van der Waals surface area (Å²) in [5.41, 5.74) is 2.60. The molecule has 0 spiro atoms. The van der Waals surface area contributed by atoms with Gasteiger partial charge in [-0.1, -0.05) is 18.5 Å². The highest BCUT2D eigenvalue weighted by atomic mass is 35.5. The standard InChI is InChI=1S/C34H42ClN7O4/c1-33(2,3)46-32(44)42-19-34(4,20-43)24-15-21(14-22(18-36)30(24)42)26-8-11-37-31(38-26)39-27-16-25(35)28(17-29(27)45-7)41-12-9-23(10-13-41)40(5)6/h8,11,14-17,23,43H,9-10,12-13,19-20H2,1-7H3,(H,37,38,39). The molecule has 1 aromatic heterocycles. The molecule has 0 saturated carbocycles. The molecule has 0 radical (unpaired) electrons. The number of halogens is 1. The van der Waals surface area contributed by atoms with Gasteiger partial charge in [-0.15, -0.1) is 0 Å². The lowest BCUT2D eigenvalue weighted by molar-refractivity contribution is 0.0575. The van der Waals surface area contributed by atoms with Crippen molar-refractivity contribution in [3.63, 3.8) is 0 Å². The van der Waals surface area contributed by atoms with Crippen LogP contribution in [0.25, 0.3) is 11.3 Å². The SMILES string of the molecule is COc1cc(N2CCC(N(C)C)CC2)c(Cl)cc1Nc1nccc(-c2cc(C#N)c3c(c2)C(C)(CO)CN3C(=O)OC(C)(C)C)n1. The molecule has 3 heterocycles. The van der Waals surface area contributed by atoms with Crippen LogP contribution in [0.15, 0.2) is 36.5 Å². The molecule has 1 fully saturated rings. The number of aliphatic hydroxyl groups excluding tert-OH is 1. The van der Waals surface area contributed by atoms with Crippen molar-refractivity contribution in [2.75, 3.05) is 62.6 Å². The summed E-state index contributed by atoms with van der Waals surface area (Å²) < 4.78 is 11.4. The molecule has 0 aliphatic carbocycles. The van der Waals surface area contributed by atoms with Crippen molar-refractivity contribution in [3.8, 4) is 23.1 Å². The van der Waals surface area contributed by atoms with Crippen molar-refractivity contribution < 1.29 is 19.4 Å². The minimum Gasteiger partial charge on any atom is -0.494 e. The van der Waals surface area contributed by atoms with Gasteiger partial charge in [0.2, 0.25) is 5.95 Å². The van der Waals surface area contributed by atoms with Crippen molar-refractivity contribution in [3.05, 3.63) is 52.7 Å². The Morgan fingerprint density at radius 1 is 1.24 bits per heavy atom. The molecule has 3 aromatic rings. The number of nitrogens with zero attached hydrogens (tertiary/aromatic N) is 6. The third-order valence-electron chi connectivity index (χ3n) is 8.62. The van der Waals surface area contributed by atoms with E-state index in [2.05, 4.69) is 40.3 Å². The van der Waals surface area contributed by atoms with E-state index in [0.717, 1.165) is 31.6 Å². The van der Waals surface area contributed by atoms with Crippen LogP contribution in [-0.2, 0) is 10.2 Å². The maximum atomic E-state index is 13.2. The molecule has 2 aromatic carbocycles. The van der Waals surface area contributed by atoms with Gasteiger partial charge in [-0.2, -0.15) is 5.26 Å². The molecule has 2 N–H and O–H groups in total. The van der Waals surface area contributed by atoms with Gasteiger partial charge in [0.05, 0.1) is 47.1 Å². The van der Waals surface area contributed by atoms with Crippen molar-refractivity contribution in [1.29, 1.82) is 5.26 Å². The average Bonchev–Trinajstić information content (AvgIpc) is 3.33. The minimum atomic E-state index is -0.810. The highest BCUT2D eigenvalue weighted by Crippen LogP contribution is 2.45. The van der Waals surface area contributed by atoms with E-state index >= 15 is 0 Å². The van der Waals surface area contributed by atoms with Crippen LogP contribution in [0.2, 0.25) is 5.02 Å². The van der Waals surface area contributed by atoms with E-state index < -0.39 is 17.1 Å². The molecule has 5 rings (SSSR count). The summed E-state index contributed by atoms with van der Waals surface area (Å²) in [7, 11) is 5.85. The molecule has 1 amide bonds. The van der Waals surface area contributed by atoms with Crippen molar-refractivity contribution in [2.24, 2.45) is 0 Å². The average molecular weight is 648 g/mol. The zero-order valence-corrected chi connectivity index (χ0v) is 28.3. The number of anilines is 4. The number of carbonyl (C=O) groups excluding carboxylic acids is 1. The number of aliphatic hydroxyl groups is 1. The van der Waals surface area contributed by atoms with Gasteiger partial charge in [-0.25, -0.2) is 14.8 Å². The number of carbonyl (C=O) groups is 1. The van der Waals surface area contributed by atoms with Crippen LogP contribution in [0.1, 0.15) is 51.7 Å². The van der Waals surface area contributed by atoms with Crippen molar-refractivity contribution in [2.45, 2.75) is 57.6 Å². The molecule has 0 bridgehead atoms. The smallest absolute Gasteiger partial charge is 0.414 e. The van der Waals surface area contributed by atoms with Gasteiger partial charge < -0.3 is 29.7 Å². The van der Waals surface area contributed by atoms with E-state index in [0.29, 0.717) is 51.0 Å². The summed E-state index contributed by atoms with van der Waals surface area (Å²) in [6.07, 6.45) is 3.16. The van der Waals surface area contributed by atoms with E-state index in [1.807, 2.05) is 25.1 Å². The van der Waals surface area contributed by atoms with E-state index in [9.17, 15) is 15.2 Å². The lowest BCUT2D eigenvalue weighted by atomic mass is 9.83. The Morgan fingerprint density at radius 2 is 1.96 bits per heavy atom. The number of nitrogens with one attached hydrogen (secondary N) is 1. The molecule has 2 aliphatic heterocycles. The van der Waals surface area contributed by atoms with E-state index in [1.54, 1.807) is 46.2 Å². The molecule has 1 atom stereocenters. The number of methoxy groups -OCH3 is 1. The Morgan fingerprint density at radius 3 is 2.57 bits per heavy atom. The first-order valence-corrected chi connectivity index (χ1v) is 15.7. The van der Waals surface area contributed by atoms with Crippen LogP contribution in [-0.4, -0.2) is 85.2 Å². The third kappa shape index (κ3) is 6.70. The lowest BCUT2D eigenvalue weighted by Gasteiger charge is -2.37. The summed E-state index contributed by atoms with van der Waals surface area (Å²) >= 11 is 6.80. The van der Waals surface area contributed by atoms with Crippen molar-refractivity contribution >= 4 is 40.7 Å². The van der Waals surface area contributed by atoms with Gasteiger partial charge >= 0.3 is 6.09 Å². The fourth-order valence-electron chi connectivity index (χ4n) is 6.11. The van der Waals surface area contributed by atoms with Gasteiger partial charge in [0.25, 0.3) is 0 Å². The van der Waals surface area contributed by atoms with Crippen LogP contribution in [0, 0.1) is 11.3 Å². The fourth-order valence-corrected chi connectivity index (χ4v) is 6.40. The first-order chi connectivity index (χ1) is 21.8. The second-order valence-electron chi connectivity index (χ2n) is 13.4. The van der Waals surface area contributed by atoms with Gasteiger partial charge in [-0.05, 0) is 77.5 Å². The number of nitriles is 1. The number of hydrogen-bond acceptors (Lipinski definition) is 10. The van der Waals surface area contributed by atoms with E-state index in [1.165, 1.54) is 4.90 Å². The van der Waals surface area contributed by atoms with Crippen molar-refractivity contribution in [1.82, 2.24) is 14.9 Å². The minimum absolute atomic E-state index is 0.173. The normalized spacial score (nSPS) is 18.4. The number of amides is 1. The third-order valence-corrected chi connectivity index (χ3v) is 8.93. The number of aromatic nitrogens is 2. The molecule has 12 heteroatoms. The second kappa shape index (κ2) is 12.9. The Bertz CT molecular complexity index is 1660. The number of hydrogen-bond donors (Lipinski definition) is 2. The van der Waals surface area contributed by atoms with Crippen LogP contribution < -0.4 is 19.9 Å². The second-order valence-corrected chi connectivity index (χ2v) is 13.8. The number of benzene rings is 2. The molecular weight excluding hydrogens is 606 g/mol. The summed E-state index contributed by atoms with van der Waals surface area (Å²) in [5.74, 6) is 0.916. The highest BCUT2D eigenvalue weighted by Gasteiger charge is 2.44. The Balaban J connectivity index is 1.45. The summed E-state index contributed by atoms with van der Waals surface area (Å²) in [6.45, 7) is 8.97. The first kappa shape index (κ1) is 33.3. The summed E-state index contributed by atoms with van der Waals surface area (Å²) in [6, 6.07) is 11.9. The Hall–Kier alpha value is -4.11. The zero-order chi connectivity index (χ0) is 33.4. The molecule has 1 saturated heterocycles. The molecule has 1 unspecified atom stereocenters. The number of rotatable bonds is 7. The Kier molecular flexibility index (Phi) is 9.36. The Labute approximate surface area is 275 Å². The molecule has 2 aliphatic rings. The maximum absolute atomic E-state index is 13.2. The van der Waals surface area contributed by atoms with E-state index in [4.69, 9.17) is 26.1 Å². The zero-order valence-electron chi connectivity index (χ0n) is 27.5. The lowest BCUT2D eigenvalue weighted by Crippen LogP contribution is -2.42. The predicted molar refractivity (Wildman–Crippen MR) is 180 cm³/mol. The summed E-state index contributed by atoms with van der Waals surface area (Å²) in [5, 5.41) is 24.4. The number of ether oxygens (including phenoxy) is 2. The molecule has 46 heavy (non-hydrogen) atoms. The van der Waals surface area contributed by atoms with Gasteiger partial charge in [0, 0.05) is 48.9 Å². The van der Waals surface area contributed by atoms with Gasteiger partial charge in [-0.3, -0.25) is 4.90 Å². The maximum Gasteiger partial charge on any atom is 0.414 e. The van der Waals surface area contributed by atoms with Gasteiger partial charge in [0.15, 0.2) is 0 Å². The number of fused-ring (bicyclic) bond motifs is 1. The monoisotopic (exact) mass is 647 g/mol. The van der Waals surface area contributed by atoms with Crippen LogP contribution in [0.4, 0.5) is 27.8 Å². The molecular formula is C34H42ClN7O4. The van der Waals surface area contributed by atoms with Crippen LogP contribution in [0.3, 0.4) is 0 Å². The molecule has 11 nitrogen and oxygen atoms in total. The number of piperidine rings is 1. The fraction of sp³-hybridized carbons (Fsp3) is 0.471.